The number of hydrogen-bond donors (Lipinski definition) is 2. The Morgan fingerprint density at radius 1 is 1.44 bits per heavy atom. The molecule has 0 fully saturated rings. The summed E-state index contributed by atoms with van der Waals surface area (Å²) in [7, 11) is 0. The highest BCUT2D eigenvalue weighted by molar-refractivity contribution is 5.76. The van der Waals surface area contributed by atoms with Gasteiger partial charge in [0.25, 0.3) is 0 Å². The Kier molecular flexibility index (Phi) is 3.76. The molecule has 2 heteroatoms. The third-order valence-electron chi connectivity index (χ3n) is 1.35. The Morgan fingerprint density at radius 3 is 2.11 bits per heavy atom. The second kappa shape index (κ2) is 4.13. The van der Waals surface area contributed by atoms with Gasteiger partial charge in [-0.05, 0) is 18.4 Å². The van der Waals surface area contributed by atoms with Gasteiger partial charge in [0.2, 0.25) is 0 Å². The predicted octanol–water partition coefficient (Wildman–Crippen LogP) is 1.67. The molecular formula is C7H14N2. The van der Waals surface area contributed by atoms with Gasteiger partial charge in [0.05, 0.1) is 0 Å². The molecular weight excluding hydrogens is 112 g/mol. The zero-order chi connectivity index (χ0) is 7.28. The molecule has 0 saturated heterocycles. The molecule has 0 heterocycles. The first kappa shape index (κ1) is 8.21. The van der Waals surface area contributed by atoms with Gasteiger partial charge in [-0.1, -0.05) is 13.8 Å². The number of nitrogens with one attached hydrogen (secondary N) is 1. The van der Waals surface area contributed by atoms with Crippen LogP contribution >= 0.6 is 0 Å². The summed E-state index contributed by atoms with van der Waals surface area (Å²) in [6.45, 7) is 4.00. The van der Waals surface area contributed by atoms with E-state index in [1.165, 1.54) is 6.21 Å². The van der Waals surface area contributed by atoms with Gasteiger partial charge < -0.3 is 11.1 Å². The molecule has 0 aromatic carbocycles. The third kappa shape index (κ3) is 2.31. The summed E-state index contributed by atoms with van der Waals surface area (Å²) in [5.74, 6) is 0. The molecule has 0 radical (unpaired) electrons. The molecule has 0 unspecified atom stereocenters. The molecule has 3 N–H and O–H groups in total. The topological polar surface area (TPSA) is 49.9 Å². The molecule has 0 aromatic heterocycles. The monoisotopic (exact) mass is 126 g/mol. The number of rotatable bonds is 3. The smallest absolute Gasteiger partial charge is 0.0226 e. The van der Waals surface area contributed by atoms with Crippen LogP contribution in [0.3, 0.4) is 0 Å². The first-order valence-electron chi connectivity index (χ1n) is 3.24. The summed E-state index contributed by atoms with van der Waals surface area (Å²) >= 11 is 0. The van der Waals surface area contributed by atoms with Crippen LogP contribution in [0.5, 0.6) is 0 Å². The Labute approximate surface area is 56.3 Å². The first-order valence-corrected chi connectivity index (χ1v) is 3.24. The van der Waals surface area contributed by atoms with Gasteiger partial charge in [0, 0.05) is 11.9 Å². The molecule has 0 rings (SSSR count). The fraction of sp³-hybridized carbons (Fsp3) is 0.571. The zero-order valence-corrected chi connectivity index (χ0v) is 6.07. The lowest BCUT2D eigenvalue weighted by molar-refractivity contribution is 1.01. The maximum atomic E-state index is 6.93. The van der Waals surface area contributed by atoms with Crippen LogP contribution in [0.2, 0.25) is 0 Å². The molecule has 9 heavy (non-hydrogen) atoms. The largest absolute Gasteiger partial charge is 0.402 e. The average Bonchev–Trinajstić information content (AvgIpc) is 1.90. The van der Waals surface area contributed by atoms with Crippen LogP contribution in [0.4, 0.5) is 0 Å². The van der Waals surface area contributed by atoms with Crippen LogP contribution in [0.15, 0.2) is 11.3 Å². The van der Waals surface area contributed by atoms with Crippen LogP contribution < -0.4 is 5.73 Å². The van der Waals surface area contributed by atoms with Crippen LogP contribution in [0, 0.1) is 5.41 Å². The lowest BCUT2D eigenvalue weighted by Gasteiger charge is -2.00. The maximum absolute atomic E-state index is 6.93. The third-order valence-corrected chi connectivity index (χ3v) is 1.35. The summed E-state index contributed by atoms with van der Waals surface area (Å²) in [5, 5.41) is 6.93. The van der Waals surface area contributed by atoms with Crippen molar-refractivity contribution in [2.75, 3.05) is 0 Å². The molecule has 0 saturated carbocycles. The van der Waals surface area contributed by atoms with Crippen molar-refractivity contribution < 1.29 is 0 Å². The van der Waals surface area contributed by atoms with Crippen molar-refractivity contribution in [2.24, 2.45) is 5.73 Å². The maximum Gasteiger partial charge on any atom is 0.0226 e. The van der Waals surface area contributed by atoms with Crippen LogP contribution in [0.25, 0.3) is 0 Å². The second-order valence-corrected chi connectivity index (χ2v) is 1.90. The minimum Gasteiger partial charge on any atom is -0.402 e. The molecule has 0 aromatic rings. The van der Waals surface area contributed by atoms with Crippen LogP contribution in [-0.2, 0) is 0 Å². The van der Waals surface area contributed by atoms with E-state index in [0.717, 1.165) is 24.1 Å². The van der Waals surface area contributed by atoms with Gasteiger partial charge >= 0.3 is 0 Å². The summed E-state index contributed by atoms with van der Waals surface area (Å²) in [6.07, 6.45) is 3.04. The van der Waals surface area contributed by atoms with E-state index in [9.17, 15) is 0 Å². The van der Waals surface area contributed by atoms with E-state index in [2.05, 4.69) is 0 Å². The standard InChI is InChI=1S/C7H14N2/c1-3-6(5-8)7(9)4-2/h5,8H,3-4,9H2,1-2H3. The van der Waals surface area contributed by atoms with E-state index in [1.807, 2.05) is 13.8 Å². The van der Waals surface area contributed by atoms with E-state index in [4.69, 9.17) is 11.1 Å². The van der Waals surface area contributed by atoms with E-state index in [-0.39, 0.29) is 0 Å². The van der Waals surface area contributed by atoms with Crippen molar-refractivity contribution in [1.29, 1.82) is 5.41 Å². The molecule has 0 aliphatic heterocycles. The average molecular weight is 126 g/mol. The molecule has 0 bridgehead atoms. The van der Waals surface area contributed by atoms with Gasteiger partial charge in [0.1, 0.15) is 0 Å². The second-order valence-electron chi connectivity index (χ2n) is 1.90. The fourth-order valence-corrected chi connectivity index (χ4v) is 0.649. The molecule has 0 aliphatic carbocycles. The number of hydrogen-bond acceptors (Lipinski definition) is 2. The van der Waals surface area contributed by atoms with E-state index in [1.54, 1.807) is 0 Å². The van der Waals surface area contributed by atoms with E-state index < -0.39 is 0 Å². The molecule has 0 atom stereocenters. The van der Waals surface area contributed by atoms with Crippen molar-refractivity contribution in [3.05, 3.63) is 11.3 Å². The first-order chi connectivity index (χ1) is 4.26. The highest BCUT2D eigenvalue weighted by atomic mass is 14.6. The highest BCUT2D eigenvalue weighted by Crippen LogP contribution is 2.02. The quantitative estimate of drug-likeness (QED) is 0.555. The van der Waals surface area contributed by atoms with Gasteiger partial charge in [-0.2, -0.15) is 0 Å². The van der Waals surface area contributed by atoms with Gasteiger partial charge in [-0.25, -0.2) is 0 Å². The Balaban J connectivity index is 4.18. The summed E-state index contributed by atoms with van der Waals surface area (Å²) < 4.78 is 0. The molecule has 0 amide bonds. The van der Waals surface area contributed by atoms with Crippen molar-refractivity contribution in [1.82, 2.24) is 0 Å². The number of allylic oxidation sites excluding steroid dienone is 2. The van der Waals surface area contributed by atoms with E-state index >= 15 is 0 Å². The van der Waals surface area contributed by atoms with Gasteiger partial charge in [-0.3, -0.25) is 0 Å². The summed E-state index contributed by atoms with van der Waals surface area (Å²) in [4.78, 5) is 0. The van der Waals surface area contributed by atoms with Crippen LogP contribution in [-0.4, -0.2) is 6.21 Å². The Morgan fingerprint density at radius 2 is 2.00 bits per heavy atom. The normalized spacial score (nSPS) is 12.7. The zero-order valence-electron chi connectivity index (χ0n) is 6.07. The fourth-order valence-electron chi connectivity index (χ4n) is 0.649. The predicted molar refractivity (Wildman–Crippen MR) is 40.6 cm³/mol. The van der Waals surface area contributed by atoms with Crippen LogP contribution in [0.1, 0.15) is 26.7 Å². The Bertz CT molecular complexity index is 125. The van der Waals surface area contributed by atoms with Crippen molar-refractivity contribution in [3.63, 3.8) is 0 Å². The Hall–Kier alpha value is -0.790. The number of nitrogens with two attached hydrogens (primary N) is 1. The minimum atomic E-state index is 0.840. The summed E-state index contributed by atoms with van der Waals surface area (Å²) in [6, 6.07) is 0. The molecule has 52 valence electrons. The van der Waals surface area contributed by atoms with Gasteiger partial charge in [0.15, 0.2) is 0 Å². The minimum absolute atomic E-state index is 0.840. The van der Waals surface area contributed by atoms with E-state index in [0.29, 0.717) is 0 Å². The van der Waals surface area contributed by atoms with Crippen molar-refractivity contribution in [3.8, 4) is 0 Å². The molecule has 0 aliphatic rings. The van der Waals surface area contributed by atoms with Gasteiger partial charge in [-0.15, -0.1) is 0 Å². The molecule has 0 spiro atoms. The lowest BCUT2D eigenvalue weighted by Crippen LogP contribution is -2.01. The van der Waals surface area contributed by atoms with Crippen molar-refractivity contribution >= 4 is 6.21 Å². The summed E-state index contributed by atoms with van der Waals surface area (Å²) in [5.41, 5.74) is 7.36. The highest BCUT2D eigenvalue weighted by Gasteiger charge is 1.92. The SMILES string of the molecule is CCC(N)=C(C=N)CC. The molecule has 2 nitrogen and oxygen atoms in total. The lowest BCUT2D eigenvalue weighted by atomic mass is 10.1. The van der Waals surface area contributed by atoms with Crippen molar-refractivity contribution in [2.45, 2.75) is 26.7 Å².